The summed E-state index contributed by atoms with van der Waals surface area (Å²) >= 11 is 0. The van der Waals surface area contributed by atoms with E-state index in [1.165, 1.54) is 21.9 Å². The van der Waals surface area contributed by atoms with Gasteiger partial charge >= 0.3 is 0 Å². The van der Waals surface area contributed by atoms with Gasteiger partial charge in [-0.3, -0.25) is 0 Å². The first-order valence-corrected chi connectivity index (χ1v) is 10.5. The molecule has 0 aromatic heterocycles. The predicted octanol–water partition coefficient (Wildman–Crippen LogP) is 5.48. The lowest BCUT2D eigenvalue weighted by Crippen LogP contribution is -2.35. The maximum absolute atomic E-state index is 6.35. The van der Waals surface area contributed by atoms with Crippen molar-refractivity contribution in [2.24, 2.45) is 0 Å². The summed E-state index contributed by atoms with van der Waals surface area (Å²) in [6, 6.07) is 19.2. The number of methoxy groups -OCH3 is 1. The normalized spacial score (nSPS) is 17.5. The summed E-state index contributed by atoms with van der Waals surface area (Å²) in [5.74, 6) is 2.95. The van der Waals surface area contributed by atoms with Crippen LogP contribution in [0, 0.1) is 0 Å². The van der Waals surface area contributed by atoms with Crippen LogP contribution in [0.3, 0.4) is 0 Å². The minimum absolute atomic E-state index is 0.241. The maximum Gasteiger partial charge on any atom is 0.127 e. The van der Waals surface area contributed by atoms with Crippen LogP contribution in [0.4, 0.5) is 0 Å². The fraction of sp³-hybridized carbons (Fsp3) is 0.385. The smallest absolute Gasteiger partial charge is 0.127 e. The van der Waals surface area contributed by atoms with Crippen LogP contribution in [0.25, 0.3) is 10.8 Å². The average molecular weight is 406 g/mol. The molecule has 0 N–H and O–H groups in total. The fourth-order valence-corrected chi connectivity index (χ4v) is 4.15. The first kappa shape index (κ1) is 20.5. The second-order valence-electron chi connectivity index (χ2n) is 8.94. The summed E-state index contributed by atoms with van der Waals surface area (Å²) in [5.41, 5.74) is 2.29. The molecule has 3 aromatic carbocycles. The third kappa shape index (κ3) is 4.39. The van der Waals surface area contributed by atoms with Gasteiger partial charge in [0.2, 0.25) is 0 Å². The zero-order valence-electron chi connectivity index (χ0n) is 18.6. The summed E-state index contributed by atoms with van der Waals surface area (Å²) in [6.07, 6.45) is 0.933. The van der Waals surface area contributed by atoms with E-state index in [9.17, 15) is 0 Å². The predicted molar refractivity (Wildman–Crippen MR) is 122 cm³/mol. The van der Waals surface area contributed by atoms with Crippen molar-refractivity contribution in [1.29, 1.82) is 0 Å². The number of rotatable bonds is 6. The number of fused-ring (bicyclic) bond motifs is 2. The number of benzene rings is 3. The second-order valence-corrected chi connectivity index (χ2v) is 8.94. The highest BCUT2D eigenvalue weighted by Crippen LogP contribution is 2.46. The van der Waals surface area contributed by atoms with Crippen molar-refractivity contribution in [3.05, 3.63) is 65.7 Å². The lowest BCUT2D eigenvalue weighted by molar-refractivity contribution is 0.0770. The molecule has 0 spiro atoms. The van der Waals surface area contributed by atoms with Crippen molar-refractivity contribution in [3.63, 3.8) is 0 Å². The summed E-state index contributed by atoms with van der Waals surface area (Å²) in [5, 5.41) is 2.41. The zero-order chi connectivity index (χ0) is 21.3. The first-order chi connectivity index (χ1) is 14.3. The van der Waals surface area contributed by atoms with Gasteiger partial charge in [0.25, 0.3) is 0 Å². The Bertz CT molecular complexity index is 1040. The van der Waals surface area contributed by atoms with Gasteiger partial charge in [0, 0.05) is 24.1 Å². The van der Waals surface area contributed by atoms with E-state index in [1.54, 1.807) is 7.11 Å². The van der Waals surface area contributed by atoms with Crippen molar-refractivity contribution in [3.8, 4) is 17.2 Å². The number of ether oxygens (including phenoxy) is 3. The van der Waals surface area contributed by atoms with E-state index in [4.69, 9.17) is 14.2 Å². The zero-order valence-corrected chi connectivity index (χ0v) is 18.6. The van der Waals surface area contributed by atoms with Gasteiger partial charge in [0.05, 0.1) is 7.11 Å². The average Bonchev–Trinajstić information content (AvgIpc) is 2.71. The van der Waals surface area contributed by atoms with E-state index >= 15 is 0 Å². The molecule has 4 nitrogen and oxygen atoms in total. The standard InChI is InChI=1S/C26H31NO3/c1-26(2)17-24(20-7-6-19-15-21(28-5)9-8-18(19)14-20)23-11-10-22(16-25(23)30-26)29-13-12-27(3)4/h6-11,14-16,24H,12-13,17H2,1-5H3. The maximum atomic E-state index is 6.35. The molecule has 158 valence electrons. The Morgan fingerprint density at radius 2 is 1.70 bits per heavy atom. The van der Waals surface area contributed by atoms with Crippen LogP contribution in [0.5, 0.6) is 17.2 Å². The van der Waals surface area contributed by atoms with Crippen LogP contribution >= 0.6 is 0 Å². The molecule has 30 heavy (non-hydrogen) atoms. The van der Waals surface area contributed by atoms with Crippen molar-refractivity contribution >= 4 is 10.8 Å². The molecule has 1 heterocycles. The largest absolute Gasteiger partial charge is 0.497 e. The van der Waals surface area contributed by atoms with Gasteiger partial charge in [-0.25, -0.2) is 0 Å². The van der Waals surface area contributed by atoms with Gasteiger partial charge < -0.3 is 19.1 Å². The summed E-state index contributed by atoms with van der Waals surface area (Å²) < 4.78 is 17.7. The van der Waals surface area contributed by atoms with Crippen LogP contribution < -0.4 is 14.2 Å². The Balaban J connectivity index is 1.66. The Morgan fingerprint density at radius 1 is 0.967 bits per heavy atom. The van der Waals surface area contributed by atoms with Gasteiger partial charge in [-0.15, -0.1) is 0 Å². The third-order valence-corrected chi connectivity index (χ3v) is 5.72. The molecule has 0 saturated heterocycles. The highest BCUT2D eigenvalue weighted by atomic mass is 16.5. The van der Waals surface area contributed by atoms with E-state index < -0.39 is 0 Å². The van der Waals surface area contributed by atoms with E-state index in [0.29, 0.717) is 6.61 Å². The molecule has 1 aliphatic heterocycles. The molecule has 1 atom stereocenters. The second kappa shape index (κ2) is 8.19. The van der Waals surface area contributed by atoms with Crippen LogP contribution in [-0.2, 0) is 0 Å². The van der Waals surface area contributed by atoms with E-state index in [1.807, 2.05) is 26.2 Å². The minimum atomic E-state index is -0.241. The van der Waals surface area contributed by atoms with E-state index in [-0.39, 0.29) is 11.5 Å². The quantitative estimate of drug-likeness (QED) is 0.543. The van der Waals surface area contributed by atoms with Crippen molar-refractivity contribution in [2.45, 2.75) is 31.8 Å². The molecule has 4 heteroatoms. The summed E-state index contributed by atoms with van der Waals surface area (Å²) in [6.45, 7) is 5.86. The van der Waals surface area contributed by atoms with Crippen LogP contribution in [0.1, 0.15) is 37.3 Å². The SMILES string of the molecule is COc1ccc2cc(C3CC(C)(C)Oc4cc(OCCN(C)C)ccc43)ccc2c1. The summed E-state index contributed by atoms with van der Waals surface area (Å²) in [7, 11) is 5.80. The number of hydrogen-bond donors (Lipinski definition) is 0. The molecule has 1 aliphatic rings. The van der Waals surface area contributed by atoms with Crippen LogP contribution in [0.15, 0.2) is 54.6 Å². The third-order valence-electron chi connectivity index (χ3n) is 5.72. The molecule has 4 rings (SSSR count). The molecule has 3 aromatic rings. The molecule has 0 fully saturated rings. The number of nitrogens with zero attached hydrogens (tertiary/aromatic N) is 1. The molecule has 0 radical (unpaired) electrons. The Labute approximate surface area is 179 Å². The van der Waals surface area contributed by atoms with Gasteiger partial charge in [0.1, 0.15) is 29.5 Å². The van der Waals surface area contributed by atoms with Gasteiger partial charge in [-0.05, 0) is 68.9 Å². The highest BCUT2D eigenvalue weighted by molar-refractivity contribution is 5.84. The number of likely N-dealkylation sites (N-methyl/N-ethyl adjacent to an activating group) is 1. The fourth-order valence-electron chi connectivity index (χ4n) is 4.15. The topological polar surface area (TPSA) is 30.9 Å². The molecule has 0 saturated carbocycles. The lowest BCUT2D eigenvalue weighted by atomic mass is 9.79. The molecule has 1 unspecified atom stereocenters. The van der Waals surface area contributed by atoms with E-state index in [2.05, 4.69) is 61.2 Å². The van der Waals surface area contributed by atoms with Crippen molar-refractivity contribution < 1.29 is 14.2 Å². The van der Waals surface area contributed by atoms with Gasteiger partial charge in [0.15, 0.2) is 0 Å². The molecule has 0 bridgehead atoms. The Kier molecular flexibility index (Phi) is 5.61. The number of hydrogen-bond acceptors (Lipinski definition) is 4. The first-order valence-electron chi connectivity index (χ1n) is 10.5. The Hall–Kier alpha value is -2.72. The van der Waals surface area contributed by atoms with Gasteiger partial charge in [-0.1, -0.05) is 30.3 Å². The minimum Gasteiger partial charge on any atom is -0.497 e. The summed E-state index contributed by atoms with van der Waals surface area (Å²) in [4.78, 5) is 2.11. The van der Waals surface area contributed by atoms with Crippen LogP contribution in [0.2, 0.25) is 0 Å². The molecule has 0 aliphatic carbocycles. The van der Waals surface area contributed by atoms with Crippen LogP contribution in [-0.4, -0.2) is 44.9 Å². The van der Waals surface area contributed by atoms with Gasteiger partial charge in [-0.2, -0.15) is 0 Å². The monoisotopic (exact) mass is 405 g/mol. The molecule has 0 amide bonds. The van der Waals surface area contributed by atoms with Crippen molar-refractivity contribution in [2.75, 3.05) is 34.4 Å². The van der Waals surface area contributed by atoms with Crippen molar-refractivity contribution in [1.82, 2.24) is 4.90 Å². The van der Waals surface area contributed by atoms with E-state index in [0.717, 1.165) is 30.2 Å². The Morgan fingerprint density at radius 3 is 2.47 bits per heavy atom. The lowest BCUT2D eigenvalue weighted by Gasteiger charge is -2.38. The molecular weight excluding hydrogens is 374 g/mol. The highest BCUT2D eigenvalue weighted by Gasteiger charge is 2.34. The molecular formula is C26H31NO3.